The number of likely N-dealkylation sites (tertiary alicyclic amines) is 1. The summed E-state index contributed by atoms with van der Waals surface area (Å²) in [7, 11) is 0. The summed E-state index contributed by atoms with van der Waals surface area (Å²) in [4.78, 5) is 28.8. The molecule has 0 radical (unpaired) electrons. The van der Waals surface area contributed by atoms with E-state index in [-0.39, 0.29) is 37.8 Å². The predicted octanol–water partition coefficient (Wildman–Crippen LogP) is 3.75. The molecule has 0 bridgehead atoms. The Kier molecular flexibility index (Phi) is 5.39. The quantitative estimate of drug-likeness (QED) is 0.749. The van der Waals surface area contributed by atoms with Crippen molar-refractivity contribution in [3.63, 3.8) is 0 Å². The summed E-state index contributed by atoms with van der Waals surface area (Å²) in [5, 5.41) is 2.71. The fourth-order valence-electron chi connectivity index (χ4n) is 3.57. The molecule has 12 heteroatoms. The lowest BCUT2D eigenvalue weighted by Gasteiger charge is -2.33. The molecular formula is C17H17F6N3O3. The first kappa shape index (κ1) is 21.2. The van der Waals surface area contributed by atoms with Crippen molar-refractivity contribution in [2.45, 2.75) is 37.7 Å². The monoisotopic (exact) mass is 425 g/mol. The van der Waals surface area contributed by atoms with Gasteiger partial charge in [0, 0.05) is 25.2 Å². The molecule has 1 N–H and O–H groups in total. The van der Waals surface area contributed by atoms with Gasteiger partial charge in [-0.3, -0.25) is 9.78 Å². The van der Waals surface area contributed by atoms with E-state index < -0.39 is 30.0 Å². The maximum Gasteiger partial charge on any atom is 0.434 e. The van der Waals surface area contributed by atoms with Gasteiger partial charge in [-0.25, -0.2) is 4.79 Å². The maximum atomic E-state index is 12.5. The number of rotatable bonds is 3. The molecule has 29 heavy (non-hydrogen) atoms. The van der Waals surface area contributed by atoms with Gasteiger partial charge in [-0.05, 0) is 36.8 Å². The Bertz CT molecular complexity index is 746. The molecule has 2 amide bonds. The van der Waals surface area contributed by atoms with Gasteiger partial charge in [-0.1, -0.05) is 0 Å². The minimum Gasteiger partial charge on any atom is -0.426 e. The van der Waals surface area contributed by atoms with E-state index in [2.05, 4.69) is 15.0 Å². The minimum absolute atomic E-state index is 0.0854. The van der Waals surface area contributed by atoms with Gasteiger partial charge in [0.2, 0.25) is 5.91 Å². The first-order valence-electron chi connectivity index (χ1n) is 8.72. The Morgan fingerprint density at radius 3 is 2.31 bits per heavy atom. The summed E-state index contributed by atoms with van der Waals surface area (Å²) < 4.78 is 78.9. The van der Waals surface area contributed by atoms with Crippen molar-refractivity contribution in [1.29, 1.82) is 0 Å². The number of aromatic nitrogens is 1. The molecule has 1 spiro atoms. The zero-order chi connectivity index (χ0) is 21.4. The normalized spacial score (nSPS) is 21.2. The van der Waals surface area contributed by atoms with Gasteiger partial charge in [-0.2, -0.15) is 26.3 Å². The van der Waals surface area contributed by atoms with Gasteiger partial charge >= 0.3 is 18.4 Å². The van der Waals surface area contributed by atoms with Crippen LogP contribution in [0.25, 0.3) is 0 Å². The van der Waals surface area contributed by atoms with Crippen LogP contribution < -0.4 is 5.32 Å². The number of nitrogens with zero attached hydrogens (tertiary/aromatic N) is 2. The summed E-state index contributed by atoms with van der Waals surface area (Å²) in [6, 6.07) is 3.31. The molecule has 1 atom stereocenters. The van der Waals surface area contributed by atoms with Gasteiger partial charge in [0.15, 0.2) is 0 Å². The van der Waals surface area contributed by atoms with E-state index >= 15 is 0 Å². The molecular weight excluding hydrogens is 408 g/mol. The Labute approximate surface area is 161 Å². The highest BCUT2D eigenvalue weighted by Gasteiger charge is 2.61. The first-order chi connectivity index (χ1) is 13.4. The van der Waals surface area contributed by atoms with Crippen molar-refractivity contribution < 1.29 is 40.7 Å². The number of ether oxygens (including phenoxy) is 1. The summed E-state index contributed by atoms with van der Waals surface area (Å²) >= 11 is 0. The second kappa shape index (κ2) is 7.38. The van der Waals surface area contributed by atoms with E-state index in [1.54, 1.807) is 18.3 Å². The second-order valence-electron chi connectivity index (χ2n) is 7.18. The van der Waals surface area contributed by atoms with Crippen LogP contribution in [0.2, 0.25) is 0 Å². The number of piperidine rings is 1. The van der Waals surface area contributed by atoms with Crippen LogP contribution in [-0.4, -0.2) is 53.4 Å². The summed E-state index contributed by atoms with van der Waals surface area (Å²) in [5.41, 5.74) is 0.113. The highest BCUT2D eigenvalue weighted by atomic mass is 19.4. The van der Waals surface area contributed by atoms with E-state index in [1.807, 2.05) is 0 Å². The second-order valence-corrected chi connectivity index (χ2v) is 7.18. The van der Waals surface area contributed by atoms with E-state index in [0.717, 1.165) is 4.90 Å². The van der Waals surface area contributed by atoms with Crippen LogP contribution in [0.4, 0.5) is 36.8 Å². The standard InChI is InChI=1S/C17H17F6N3O3/c18-16(19,20)13(17(21,22)23)29-14(28)26-6-3-15(4-7-26)8-11(15)12(27)25-10-2-1-5-24-9-10/h1-2,5,9,11,13H,3-4,6-8H2,(H,25,27). The Hall–Kier alpha value is -2.53. The number of pyridine rings is 1. The van der Waals surface area contributed by atoms with Crippen molar-refractivity contribution >= 4 is 17.7 Å². The highest BCUT2D eigenvalue weighted by molar-refractivity contribution is 5.95. The fourth-order valence-corrected chi connectivity index (χ4v) is 3.57. The minimum atomic E-state index is -5.75. The Balaban J connectivity index is 1.53. The van der Waals surface area contributed by atoms with Crippen LogP contribution in [0.3, 0.4) is 0 Å². The van der Waals surface area contributed by atoms with Crippen molar-refractivity contribution in [1.82, 2.24) is 9.88 Å². The number of carbonyl (C=O) groups is 2. The molecule has 1 saturated carbocycles. The lowest BCUT2D eigenvalue weighted by molar-refractivity contribution is -0.308. The van der Waals surface area contributed by atoms with E-state index in [9.17, 15) is 35.9 Å². The number of hydrogen-bond acceptors (Lipinski definition) is 4. The average molecular weight is 425 g/mol. The SMILES string of the molecule is O=C(Nc1cccnc1)C1CC12CCN(C(=O)OC(C(F)(F)F)C(F)(F)F)CC2. The molecule has 6 nitrogen and oxygen atoms in total. The number of alkyl halides is 6. The van der Waals surface area contributed by atoms with Gasteiger partial charge in [0.1, 0.15) is 0 Å². The van der Waals surface area contributed by atoms with Crippen LogP contribution in [0, 0.1) is 11.3 Å². The zero-order valence-corrected chi connectivity index (χ0v) is 14.9. The highest BCUT2D eigenvalue weighted by Crippen LogP contribution is 2.59. The molecule has 1 aliphatic carbocycles. The molecule has 1 aromatic heterocycles. The maximum absolute atomic E-state index is 12.5. The van der Waals surface area contributed by atoms with E-state index in [4.69, 9.17) is 0 Å². The molecule has 1 aliphatic heterocycles. The largest absolute Gasteiger partial charge is 0.434 e. The van der Waals surface area contributed by atoms with E-state index in [0.29, 0.717) is 12.1 Å². The predicted molar refractivity (Wildman–Crippen MR) is 86.6 cm³/mol. The number of halogens is 6. The smallest absolute Gasteiger partial charge is 0.426 e. The topological polar surface area (TPSA) is 71.5 Å². The van der Waals surface area contributed by atoms with Gasteiger partial charge in [0.05, 0.1) is 11.9 Å². The van der Waals surface area contributed by atoms with Crippen LogP contribution in [0.5, 0.6) is 0 Å². The summed E-state index contributed by atoms with van der Waals surface area (Å²) in [5.74, 6) is -0.567. The molecule has 1 saturated heterocycles. The number of nitrogens with one attached hydrogen (secondary N) is 1. The lowest BCUT2D eigenvalue weighted by atomic mass is 9.91. The van der Waals surface area contributed by atoms with Gasteiger partial charge in [0.25, 0.3) is 6.10 Å². The number of hydrogen-bond donors (Lipinski definition) is 1. The number of amides is 2. The molecule has 1 aromatic rings. The third-order valence-electron chi connectivity index (χ3n) is 5.27. The molecule has 2 aliphatic rings. The van der Waals surface area contributed by atoms with Gasteiger partial charge < -0.3 is 15.0 Å². The molecule has 2 fully saturated rings. The molecule has 0 aromatic carbocycles. The van der Waals surface area contributed by atoms with Crippen molar-refractivity contribution in [2.75, 3.05) is 18.4 Å². The third-order valence-corrected chi connectivity index (χ3v) is 5.27. The van der Waals surface area contributed by atoms with Crippen molar-refractivity contribution in [3.05, 3.63) is 24.5 Å². The molecule has 3 rings (SSSR count). The van der Waals surface area contributed by atoms with Crippen LogP contribution >= 0.6 is 0 Å². The fraction of sp³-hybridized carbons (Fsp3) is 0.588. The average Bonchev–Trinajstić information content (AvgIpc) is 3.32. The number of carbonyl (C=O) groups excluding carboxylic acids is 2. The summed E-state index contributed by atoms with van der Waals surface area (Å²) in [6.45, 7) is -0.171. The third kappa shape index (κ3) is 4.73. The zero-order valence-electron chi connectivity index (χ0n) is 14.9. The van der Waals surface area contributed by atoms with Crippen LogP contribution in [0.15, 0.2) is 24.5 Å². The lowest BCUT2D eigenvalue weighted by Crippen LogP contribution is -2.49. The van der Waals surface area contributed by atoms with E-state index in [1.165, 1.54) is 6.20 Å². The van der Waals surface area contributed by atoms with Crippen LogP contribution in [0.1, 0.15) is 19.3 Å². The van der Waals surface area contributed by atoms with Gasteiger partial charge in [-0.15, -0.1) is 0 Å². The van der Waals surface area contributed by atoms with Crippen LogP contribution in [-0.2, 0) is 9.53 Å². The Morgan fingerprint density at radius 2 is 1.79 bits per heavy atom. The molecule has 160 valence electrons. The molecule has 1 unspecified atom stereocenters. The van der Waals surface area contributed by atoms with Crippen molar-refractivity contribution in [3.8, 4) is 0 Å². The molecule has 2 heterocycles. The summed E-state index contributed by atoms with van der Waals surface area (Å²) in [6.07, 6.45) is -13.2. The van der Waals surface area contributed by atoms with Crippen molar-refractivity contribution in [2.24, 2.45) is 11.3 Å². The number of anilines is 1. The Morgan fingerprint density at radius 1 is 1.17 bits per heavy atom. The first-order valence-corrected chi connectivity index (χ1v) is 8.72.